The van der Waals surface area contributed by atoms with Gasteiger partial charge in [-0.1, -0.05) is 0 Å². The first-order valence-electron chi connectivity index (χ1n) is 11.0. The Morgan fingerprint density at radius 2 is 2.03 bits per heavy atom. The van der Waals surface area contributed by atoms with Crippen LogP contribution in [0.1, 0.15) is 26.2 Å². The van der Waals surface area contributed by atoms with Crippen LogP contribution in [0.2, 0.25) is 0 Å². The molecule has 0 N–H and O–H groups in total. The maximum Gasteiger partial charge on any atom is 0.312 e. The highest BCUT2D eigenvalue weighted by Crippen LogP contribution is 2.63. The molecule has 164 valence electrons. The van der Waals surface area contributed by atoms with Crippen LogP contribution in [0.3, 0.4) is 0 Å². The van der Waals surface area contributed by atoms with Crippen LogP contribution in [0.5, 0.6) is 0 Å². The van der Waals surface area contributed by atoms with Gasteiger partial charge < -0.3 is 23.7 Å². The molecule has 2 aliphatic carbocycles. The van der Waals surface area contributed by atoms with E-state index >= 15 is 0 Å². The molecule has 0 aromatic carbocycles. The third-order valence-corrected chi connectivity index (χ3v) is 7.09. The highest BCUT2D eigenvalue weighted by molar-refractivity contribution is 5.83. The Labute approximate surface area is 172 Å². The average Bonchev–Trinajstić information content (AvgIpc) is 3.39. The van der Waals surface area contributed by atoms with Gasteiger partial charge in [0.15, 0.2) is 0 Å². The van der Waals surface area contributed by atoms with Crippen LogP contribution in [0.4, 0.5) is 0 Å². The van der Waals surface area contributed by atoms with Crippen molar-refractivity contribution in [3.8, 4) is 0 Å². The van der Waals surface area contributed by atoms with Gasteiger partial charge in [0.2, 0.25) is 0 Å². The minimum absolute atomic E-state index is 0.0335. The van der Waals surface area contributed by atoms with E-state index in [4.69, 9.17) is 23.7 Å². The molecule has 4 rings (SSSR count). The van der Waals surface area contributed by atoms with Crippen molar-refractivity contribution in [2.45, 2.75) is 32.3 Å². The molecule has 0 amide bonds. The van der Waals surface area contributed by atoms with Crippen molar-refractivity contribution < 1.29 is 33.3 Å². The number of ether oxygens (including phenoxy) is 5. The zero-order valence-corrected chi connectivity index (χ0v) is 17.3. The first kappa shape index (κ1) is 21.0. The molecular weight excluding hydrogens is 378 g/mol. The Balaban J connectivity index is 1.26. The molecule has 2 aliphatic heterocycles. The van der Waals surface area contributed by atoms with E-state index in [1.807, 2.05) is 6.92 Å². The van der Waals surface area contributed by atoms with Gasteiger partial charge in [0.1, 0.15) is 0 Å². The van der Waals surface area contributed by atoms with Crippen molar-refractivity contribution in [3.05, 3.63) is 0 Å². The summed E-state index contributed by atoms with van der Waals surface area (Å²) in [5.74, 6) is -0.587. The van der Waals surface area contributed by atoms with Crippen LogP contribution in [0.15, 0.2) is 0 Å². The number of carbonyl (C=O) groups excluding carboxylic acids is 2. The fourth-order valence-corrected chi connectivity index (χ4v) is 5.75. The van der Waals surface area contributed by atoms with Gasteiger partial charge in [0.25, 0.3) is 0 Å². The molecule has 2 heterocycles. The number of hydrogen-bond donors (Lipinski definition) is 0. The van der Waals surface area contributed by atoms with E-state index in [9.17, 15) is 9.59 Å². The van der Waals surface area contributed by atoms with Crippen molar-refractivity contribution in [1.29, 1.82) is 0 Å². The molecule has 4 aliphatic rings. The Bertz CT molecular complexity index is 594. The lowest BCUT2D eigenvalue weighted by atomic mass is 9.66. The second-order valence-electron chi connectivity index (χ2n) is 8.53. The van der Waals surface area contributed by atoms with Crippen molar-refractivity contribution in [1.82, 2.24) is 4.90 Å². The molecule has 8 heteroatoms. The number of cyclic esters (lactones) is 1. The lowest BCUT2D eigenvalue weighted by Gasteiger charge is -2.38. The quantitative estimate of drug-likeness (QED) is 0.408. The largest absolute Gasteiger partial charge is 0.466 e. The lowest BCUT2D eigenvalue weighted by Crippen LogP contribution is -2.47. The van der Waals surface area contributed by atoms with Gasteiger partial charge in [-0.05, 0) is 38.0 Å². The van der Waals surface area contributed by atoms with Gasteiger partial charge in [-0.3, -0.25) is 14.5 Å². The van der Waals surface area contributed by atoms with Crippen LogP contribution in [-0.4, -0.2) is 88.8 Å². The third kappa shape index (κ3) is 4.17. The molecule has 2 bridgehead atoms. The normalized spacial score (nSPS) is 36.7. The predicted molar refractivity (Wildman–Crippen MR) is 102 cm³/mol. The molecule has 2 saturated carbocycles. The van der Waals surface area contributed by atoms with Crippen LogP contribution < -0.4 is 0 Å². The first-order chi connectivity index (χ1) is 14.2. The van der Waals surface area contributed by atoms with E-state index in [0.717, 1.165) is 45.7 Å². The molecule has 5 atom stereocenters. The Hall–Kier alpha value is -1.22. The molecular formula is C21H33NO7. The number of fused-ring (bicyclic) bond motifs is 3. The fourth-order valence-electron chi connectivity index (χ4n) is 5.75. The topological polar surface area (TPSA) is 83.5 Å². The zero-order chi connectivity index (χ0) is 20.3. The summed E-state index contributed by atoms with van der Waals surface area (Å²) in [7, 11) is 0. The molecule has 1 spiro atoms. The molecule has 0 aromatic rings. The van der Waals surface area contributed by atoms with Gasteiger partial charge in [0.05, 0.1) is 63.7 Å². The smallest absolute Gasteiger partial charge is 0.312 e. The van der Waals surface area contributed by atoms with Crippen LogP contribution >= 0.6 is 0 Å². The summed E-state index contributed by atoms with van der Waals surface area (Å²) in [5.41, 5.74) is -0.503. The number of nitrogens with zero attached hydrogens (tertiary/aromatic N) is 1. The fraction of sp³-hybridized carbons (Fsp3) is 0.905. The summed E-state index contributed by atoms with van der Waals surface area (Å²) in [6, 6.07) is 0. The average molecular weight is 411 g/mol. The Kier molecular flexibility index (Phi) is 6.73. The molecule has 2 saturated heterocycles. The van der Waals surface area contributed by atoms with E-state index in [-0.39, 0.29) is 35.8 Å². The van der Waals surface area contributed by atoms with E-state index in [0.29, 0.717) is 39.5 Å². The second kappa shape index (κ2) is 9.29. The molecule has 4 fully saturated rings. The SMILES string of the molecule is CCOC(=O)C1C(OCCOCCN2CCOCC2)C2CC1C1(CCOC1=O)C2. The standard InChI is InChI=1S/C21H33NO7/c1-2-27-19(23)17-16-13-15(14-21(16)3-7-29-20(21)24)18(17)28-12-11-26-10-6-22-4-8-25-9-5-22/h15-18H,2-14H2,1H3. The first-order valence-corrected chi connectivity index (χ1v) is 11.0. The number of esters is 2. The van der Waals surface area contributed by atoms with Gasteiger partial charge in [0, 0.05) is 19.6 Å². The number of rotatable bonds is 9. The van der Waals surface area contributed by atoms with Crippen molar-refractivity contribution in [2.75, 3.05) is 65.9 Å². The minimum atomic E-state index is -0.503. The maximum absolute atomic E-state index is 12.7. The molecule has 8 nitrogen and oxygen atoms in total. The predicted octanol–water partition coefficient (Wildman–Crippen LogP) is 0.873. The number of hydrogen-bond acceptors (Lipinski definition) is 8. The van der Waals surface area contributed by atoms with E-state index in [2.05, 4.69) is 4.90 Å². The summed E-state index contributed by atoms with van der Waals surface area (Å²) >= 11 is 0. The Morgan fingerprint density at radius 3 is 2.76 bits per heavy atom. The van der Waals surface area contributed by atoms with Gasteiger partial charge in [-0.15, -0.1) is 0 Å². The van der Waals surface area contributed by atoms with Crippen LogP contribution in [-0.2, 0) is 33.3 Å². The van der Waals surface area contributed by atoms with Crippen LogP contribution in [0.25, 0.3) is 0 Å². The molecule has 5 unspecified atom stereocenters. The summed E-state index contributed by atoms with van der Waals surface area (Å²) in [4.78, 5) is 27.5. The number of carbonyl (C=O) groups is 2. The summed E-state index contributed by atoms with van der Waals surface area (Å²) in [6.45, 7) is 8.60. The number of morpholine rings is 1. The zero-order valence-electron chi connectivity index (χ0n) is 17.3. The highest BCUT2D eigenvalue weighted by Gasteiger charge is 2.67. The van der Waals surface area contributed by atoms with E-state index in [1.54, 1.807) is 0 Å². The summed E-state index contributed by atoms with van der Waals surface area (Å²) in [5, 5.41) is 0. The minimum Gasteiger partial charge on any atom is -0.466 e. The van der Waals surface area contributed by atoms with Crippen LogP contribution in [0, 0.1) is 23.2 Å². The third-order valence-electron chi connectivity index (χ3n) is 7.09. The monoisotopic (exact) mass is 411 g/mol. The van der Waals surface area contributed by atoms with Crippen molar-refractivity contribution >= 4 is 11.9 Å². The maximum atomic E-state index is 12.7. The second-order valence-corrected chi connectivity index (χ2v) is 8.53. The van der Waals surface area contributed by atoms with Gasteiger partial charge in [-0.2, -0.15) is 0 Å². The van der Waals surface area contributed by atoms with Gasteiger partial charge >= 0.3 is 11.9 Å². The van der Waals surface area contributed by atoms with Gasteiger partial charge in [-0.25, -0.2) is 0 Å². The van der Waals surface area contributed by atoms with Crippen molar-refractivity contribution in [2.24, 2.45) is 23.2 Å². The van der Waals surface area contributed by atoms with E-state index in [1.165, 1.54) is 0 Å². The lowest BCUT2D eigenvalue weighted by molar-refractivity contribution is -0.166. The summed E-state index contributed by atoms with van der Waals surface area (Å²) in [6.07, 6.45) is 2.11. The molecule has 29 heavy (non-hydrogen) atoms. The molecule has 0 aromatic heterocycles. The Morgan fingerprint density at radius 1 is 1.21 bits per heavy atom. The van der Waals surface area contributed by atoms with Crippen molar-refractivity contribution in [3.63, 3.8) is 0 Å². The highest BCUT2D eigenvalue weighted by atomic mass is 16.6. The molecule has 0 radical (unpaired) electrons. The van der Waals surface area contributed by atoms with E-state index < -0.39 is 5.41 Å². The summed E-state index contributed by atoms with van der Waals surface area (Å²) < 4.78 is 27.8.